The van der Waals surface area contributed by atoms with Gasteiger partial charge in [-0.1, -0.05) is 30.3 Å². The van der Waals surface area contributed by atoms with Crippen molar-refractivity contribution in [3.63, 3.8) is 0 Å². The number of likely N-dealkylation sites (tertiary alicyclic amines) is 1. The minimum Gasteiger partial charge on any atom is -0.510 e. The van der Waals surface area contributed by atoms with Crippen LogP contribution in [-0.4, -0.2) is 48.9 Å². The number of carbonyl (C=O) groups is 1. The molecule has 1 fully saturated rings. The summed E-state index contributed by atoms with van der Waals surface area (Å²) in [5.74, 6) is -3.48. The van der Waals surface area contributed by atoms with Gasteiger partial charge in [-0.3, -0.25) is 4.79 Å². The molecule has 0 bridgehead atoms. The molecule has 0 aromatic heterocycles. The van der Waals surface area contributed by atoms with Gasteiger partial charge in [-0.05, 0) is 25.3 Å². The fraction of sp³-hybridized carbons (Fsp3) is 0.526. The number of aliphatic hydroxyl groups is 1. The zero-order valence-corrected chi connectivity index (χ0v) is 16.1. The number of benzene rings is 1. The molecule has 27 heavy (non-hydrogen) atoms. The van der Waals surface area contributed by atoms with Crippen LogP contribution in [0.5, 0.6) is 0 Å². The van der Waals surface area contributed by atoms with Crippen LogP contribution in [-0.2, 0) is 20.6 Å². The number of aliphatic hydroxyl groups excluding tert-OH is 1. The standard InChI is InChI=1S/C19H25F2NO4S/c1-27(25,26)14-6-5-13-22-16(9-10-18(22)24)17(23)11-12-19(20,21)15-7-3-2-4-8-15/h2-4,7-8,11,16,23H,5-6,9-10,12-14H2,1H3/t16-/m1/s1. The number of hydrogen-bond donors (Lipinski definition) is 1. The zero-order valence-electron chi connectivity index (χ0n) is 15.3. The van der Waals surface area contributed by atoms with Gasteiger partial charge in [0, 0.05) is 37.0 Å². The Hall–Kier alpha value is -1.96. The molecule has 1 saturated heterocycles. The summed E-state index contributed by atoms with van der Waals surface area (Å²) in [6.45, 7) is 0.298. The average molecular weight is 401 g/mol. The second-order valence-corrected chi connectivity index (χ2v) is 9.14. The van der Waals surface area contributed by atoms with Crippen molar-refractivity contribution in [2.45, 2.75) is 44.1 Å². The number of rotatable bonds is 9. The molecule has 1 aromatic rings. The molecule has 1 aliphatic rings. The van der Waals surface area contributed by atoms with Crippen LogP contribution in [0.25, 0.3) is 0 Å². The van der Waals surface area contributed by atoms with Gasteiger partial charge in [0.25, 0.3) is 5.92 Å². The smallest absolute Gasteiger partial charge is 0.276 e. The number of amides is 1. The summed E-state index contributed by atoms with van der Waals surface area (Å²) in [6, 6.07) is 6.75. The predicted octanol–water partition coefficient (Wildman–Crippen LogP) is 3.43. The Balaban J connectivity index is 1.97. The molecular weight excluding hydrogens is 376 g/mol. The van der Waals surface area contributed by atoms with Crippen molar-refractivity contribution in [3.05, 3.63) is 47.7 Å². The van der Waals surface area contributed by atoms with E-state index in [1.807, 2.05) is 0 Å². The molecule has 150 valence electrons. The highest BCUT2D eigenvalue weighted by Crippen LogP contribution is 2.33. The van der Waals surface area contributed by atoms with E-state index >= 15 is 0 Å². The lowest BCUT2D eigenvalue weighted by Gasteiger charge is -2.25. The van der Waals surface area contributed by atoms with E-state index in [2.05, 4.69) is 0 Å². The molecule has 0 spiro atoms. The van der Waals surface area contributed by atoms with E-state index in [4.69, 9.17) is 0 Å². The third-order valence-corrected chi connectivity index (χ3v) is 5.63. The highest BCUT2D eigenvalue weighted by Gasteiger charge is 2.35. The van der Waals surface area contributed by atoms with E-state index < -0.39 is 28.2 Å². The molecular formula is C19H25F2NO4S. The second-order valence-electron chi connectivity index (χ2n) is 6.88. The molecule has 1 heterocycles. The lowest BCUT2D eigenvalue weighted by molar-refractivity contribution is -0.128. The summed E-state index contributed by atoms with van der Waals surface area (Å²) >= 11 is 0. The molecule has 1 aliphatic heterocycles. The molecule has 1 N–H and O–H groups in total. The van der Waals surface area contributed by atoms with Gasteiger partial charge >= 0.3 is 0 Å². The summed E-state index contributed by atoms with van der Waals surface area (Å²) in [5.41, 5.74) is -0.130. The molecule has 0 saturated carbocycles. The second kappa shape index (κ2) is 8.82. The third-order valence-electron chi connectivity index (χ3n) is 4.60. The van der Waals surface area contributed by atoms with Crippen LogP contribution < -0.4 is 0 Å². The van der Waals surface area contributed by atoms with Crippen molar-refractivity contribution in [3.8, 4) is 0 Å². The van der Waals surface area contributed by atoms with Crippen molar-refractivity contribution in [1.82, 2.24) is 4.90 Å². The summed E-state index contributed by atoms with van der Waals surface area (Å²) in [7, 11) is -3.06. The molecule has 0 aliphatic carbocycles. The molecule has 2 rings (SSSR count). The summed E-state index contributed by atoms with van der Waals surface area (Å²) in [4.78, 5) is 13.5. The van der Waals surface area contributed by atoms with Gasteiger partial charge in [-0.2, -0.15) is 0 Å². The van der Waals surface area contributed by atoms with E-state index in [9.17, 15) is 27.1 Å². The number of unbranched alkanes of at least 4 members (excludes halogenated alkanes) is 1. The van der Waals surface area contributed by atoms with E-state index in [0.717, 1.165) is 12.3 Å². The van der Waals surface area contributed by atoms with Crippen molar-refractivity contribution < 1.29 is 27.1 Å². The van der Waals surface area contributed by atoms with Gasteiger partial charge in [0.2, 0.25) is 5.91 Å². The van der Waals surface area contributed by atoms with E-state index in [-0.39, 0.29) is 29.4 Å². The molecule has 8 heteroatoms. The maximum absolute atomic E-state index is 14.2. The van der Waals surface area contributed by atoms with E-state index in [0.29, 0.717) is 25.8 Å². The number of sulfone groups is 1. The number of hydrogen-bond acceptors (Lipinski definition) is 4. The van der Waals surface area contributed by atoms with Crippen LogP contribution in [0.4, 0.5) is 8.78 Å². The third kappa shape index (κ3) is 6.30. The van der Waals surface area contributed by atoms with Crippen LogP contribution in [0, 0.1) is 0 Å². The van der Waals surface area contributed by atoms with Gasteiger partial charge in [-0.15, -0.1) is 0 Å². The number of allylic oxidation sites excluding steroid dienone is 1. The van der Waals surface area contributed by atoms with Crippen molar-refractivity contribution in [2.75, 3.05) is 18.6 Å². The molecule has 5 nitrogen and oxygen atoms in total. The largest absolute Gasteiger partial charge is 0.510 e. The Morgan fingerprint density at radius 3 is 2.59 bits per heavy atom. The maximum atomic E-state index is 14.2. The fourth-order valence-corrected chi connectivity index (χ4v) is 3.87. The van der Waals surface area contributed by atoms with Gasteiger partial charge in [0.05, 0.1) is 6.04 Å². The Bertz CT molecular complexity index is 778. The average Bonchev–Trinajstić information content (AvgIpc) is 2.97. The number of alkyl halides is 2. The Labute approximate surface area is 158 Å². The molecule has 1 amide bonds. The monoisotopic (exact) mass is 401 g/mol. The predicted molar refractivity (Wildman–Crippen MR) is 99.3 cm³/mol. The molecule has 0 unspecified atom stereocenters. The first-order valence-electron chi connectivity index (χ1n) is 8.90. The lowest BCUT2D eigenvalue weighted by Crippen LogP contribution is -2.35. The van der Waals surface area contributed by atoms with Crippen LogP contribution in [0.1, 0.15) is 37.7 Å². The zero-order chi connectivity index (χ0) is 20.1. The Morgan fingerprint density at radius 2 is 1.96 bits per heavy atom. The van der Waals surface area contributed by atoms with Crippen molar-refractivity contribution >= 4 is 15.7 Å². The van der Waals surface area contributed by atoms with Gasteiger partial charge in [-0.25, -0.2) is 17.2 Å². The highest BCUT2D eigenvalue weighted by atomic mass is 32.2. The normalized spacial score (nSPS) is 18.9. The molecule has 1 atom stereocenters. The number of halogens is 2. The first-order valence-corrected chi connectivity index (χ1v) is 11.0. The SMILES string of the molecule is CS(=O)(=O)CCCCN1C(=O)CC[C@@H]1C(O)=CCC(F)(F)c1ccccc1. The minimum atomic E-state index is -3.11. The molecule has 1 aromatic carbocycles. The van der Waals surface area contributed by atoms with Crippen molar-refractivity contribution in [2.24, 2.45) is 0 Å². The van der Waals surface area contributed by atoms with E-state index in [1.54, 1.807) is 6.07 Å². The number of nitrogens with zero attached hydrogens (tertiary/aromatic N) is 1. The first kappa shape index (κ1) is 21.3. The fourth-order valence-electron chi connectivity index (χ4n) is 3.14. The van der Waals surface area contributed by atoms with Crippen LogP contribution in [0.3, 0.4) is 0 Å². The molecule has 0 radical (unpaired) electrons. The Kier molecular flexibility index (Phi) is 6.97. The van der Waals surface area contributed by atoms with Gasteiger partial charge < -0.3 is 10.0 Å². The topological polar surface area (TPSA) is 74.7 Å². The quantitative estimate of drug-likeness (QED) is 0.508. The van der Waals surface area contributed by atoms with Crippen LogP contribution in [0.15, 0.2) is 42.2 Å². The van der Waals surface area contributed by atoms with Crippen LogP contribution in [0.2, 0.25) is 0 Å². The summed E-state index contributed by atoms with van der Waals surface area (Å²) < 4.78 is 50.8. The van der Waals surface area contributed by atoms with Crippen LogP contribution >= 0.6 is 0 Å². The van der Waals surface area contributed by atoms with Gasteiger partial charge in [0.1, 0.15) is 15.6 Å². The van der Waals surface area contributed by atoms with E-state index in [1.165, 1.54) is 29.2 Å². The minimum absolute atomic E-state index is 0.0326. The first-order chi connectivity index (χ1) is 12.6. The van der Waals surface area contributed by atoms with Crippen molar-refractivity contribution in [1.29, 1.82) is 0 Å². The van der Waals surface area contributed by atoms with Gasteiger partial charge in [0.15, 0.2) is 0 Å². The highest BCUT2D eigenvalue weighted by molar-refractivity contribution is 7.90. The summed E-state index contributed by atoms with van der Waals surface area (Å²) in [6.07, 6.45) is 3.07. The number of carbonyl (C=O) groups excluding carboxylic acids is 1. The Morgan fingerprint density at radius 1 is 1.30 bits per heavy atom. The maximum Gasteiger partial charge on any atom is 0.276 e. The summed E-state index contributed by atoms with van der Waals surface area (Å²) in [5, 5.41) is 10.3. The lowest BCUT2D eigenvalue weighted by atomic mass is 10.0.